The molecular formula is C22H25ClN2O6S. The Morgan fingerprint density at radius 3 is 2.34 bits per heavy atom. The van der Waals surface area contributed by atoms with Gasteiger partial charge in [-0.3, -0.25) is 14.4 Å². The van der Waals surface area contributed by atoms with Crippen molar-refractivity contribution in [3.05, 3.63) is 39.7 Å². The van der Waals surface area contributed by atoms with Gasteiger partial charge in [0.1, 0.15) is 5.00 Å². The van der Waals surface area contributed by atoms with Crippen LogP contribution in [0.4, 0.5) is 5.00 Å². The van der Waals surface area contributed by atoms with E-state index in [1.165, 1.54) is 13.2 Å². The molecule has 3 rings (SSSR count). The molecule has 0 atom stereocenters. The molecular weight excluding hydrogens is 456 g/mol. The Hall–Kier alpha value is -2.78. The summed E-state index contributed by atoms with van der Waals surface area (Å²) in [6, 6.07) is 6.87. The maximum absolute atomic E-state index is 12.8. The zero-order chi connectivity index (χ0) is 23.3. The summed E-state index contributed by atoms with van der Waals surface area (Å²) in [6.45, 7) is 0.249. The molecule has 1 aromatic heterocycles. The number of carboxylic acids is 1. The molecule has 1 saturated carbocycles. The highest BCUT2D eigenvalue weighted by Crippen LogP contribution is 2.35. The zero-order valence-corrected chi connectivity index (χ0v) is 19.3. The minimum atomic E-state index is -0.817. The molecule has 0 spiro atoms. The highest BCUT2D eigenvalue weighted by Gasteiger charge is 2.30. The van der Waals surface area contributed by atoms with Crippen LogP contribution in [0.15, 0.2) is 24.3 Å². The third-order valence-electron chi connectivity index (χ3n) is 5.53. The number of carboxylic acid groups (broad SMARTS) is 1. The van der Waals surface area contributed by atoms with Crippen molar-refractivity contribution in [1.82, 2.24) is 5.32 Å². The molecule has 1 heterocycles. The van der Waals surface area contributed by atoms with Gasteiger partial charge in [-0.1, -0.05) is 17.7 Å². The van der Waals surface area contributed by atoms with Crippen molar-refractivity contribution in [3.63, 3.8) is 0 Å². The van der Waals surface area contributed by atoms with Gasteiger partial charge in [-0.05, 0) is 49.4 Å². The number of aliphatic carboxylic acids is 1. The van der Waals surface area contributed by atoms with Crippen molar-refractivity contribution < 1.29 is 29.0 Å². The largest absolute Gasteiger partial charge is 0.493 e. The second-order valence-electron chi connectivity index (χ2n) is 7.54. The van der Waals surface area contributed by atoms with E-state index in [2.05, 4.69) is 10.6 Å². The first-order valence-corrected chi connectivity index (χ1v) is 11.3. The first-order chi connectivity index (χ1) is 15.3. The second kappa shape index (κ2) is 10.7. The van der Waals surface area contributed by atoms with Crippen molar-refractivity contribution in [1.29, 1.82) is 0 Å². The number of benzene rings is 1. The van der Waals surface area contributed by atoms with Crippen LogP contribution < -0.4 is 20.1 Å². The molecule has 1 fully saturated rings. The second-order valence-corrected chi connectivity index (χ2v) is 9.22. The van der Waals surface area contributed by atoms with Crippen LogP contribution in [0.5, 0.6) is 11.5 Å². The SMILES string of the molecule is COc1ccc(CNC(=O)c2cc(Cl)sc2NC(=O)C2CCC(C(=O)O)CC2)cc1OC. The molecule has 8 nitrogen and oxygen atoms in total. The van der Waals surface area contributed by atoms with E-state index in [1.807, 2.05) is 6.07 Å². The molecule has 0 bridgehead atoms. The van der Waals surface area contributed by atoms with Crippen molar-refractivity contribution in [2.75, 3.05) is 19.5 Å². The molecule has 172 valence electrons. The van der Waals surface area contributed by atoms with Crippen LogP contribution in [-0.4, -0.2) is 37.1 Å². The summed E-state index contributed by atoms with van der Waals surface area (Å²) in [6.07, 6.45) is 1.94. The number of methoxy groups -OCH3 is 2. The first-order valence-electron chi connectivity index (χ1n) is 10.1. The Kier molecular flexibility index (Phi) is 7.98. The fourth-order valence-electron chi connectivity index (χ4n) is 3.71. The van der Waals surface area contributed by atoms with Crippen molar-refractivity contribution in [3.8, 4) is 11.5 Å². The van der Waals surface area contributed by atoms with Crippen LogP contribution in [0.2, 0.25) is 4.34 Å². The van der Waals surface area contributed by atoms with E-state index in [0.29, 0.717) is 46.5 Å². The van der Waals surface area contributed by atoms with E-state index in [1.54, 1.807) is 19.2 Å². The molecule has 10 heteroatoms. The molecule has 1 aliphatic rings. The standard InChI is InChI=1S/C22H25ClN2O6S/c1-30-16-8-3-12(9-17(16)31-2)11-24-20(27)15-10-18(23)32-21(15)25-19(26)13-4-6-14(7-5-13)22(28)29/h3,8-10,13-14H,4-7,11H2,1-2H3,(H,24,27)(H,25,26)(H,28,29). The van der Waals surface area contributed by atoms with Crippen molar-refractivity contribution >= 4 is 45.7 Å². The molecule has 32 heavy (non-hydrogen) atoms. The van der Waals surface area contributed by atoms with Gasteiger partial charge in [-0.15, -0.1) is 11.3 Å². The molecule has 0 unspecified atom stereocenters. The fraction of sp³-hybridized carbons (Fsp3) is 0.409. The molecule has 3 N–H and O–H groups in total. The predicted octanol–water partition coefficient (Wildman–Crippen LogP) is 4.18. The first kappa shape index (κ1) is 23.9. The Balaban J connectivity index is 1.62. The minimum absolute atomic E-state index is 0.221. The maximum Gasteiger partial charge on any atom is 0.306 e. The van der Waals surface area contributed by atoms with E-state index in [9.17, 15) is 14.4 Å². The van der Waals surface area contributed by atoms with Gasteiger partial charge in [0.05, 0.1) is 30.0 Å². The van der Waals surface area contributed by atoms with Crippen LogP contribution in [0.1, 0.15) is 41.6 Å². The number of carbonyl (C=O) groups excluding carboxylic acids is 2. The zero-order valence-electron chi connectivity index (χ0n) is 17.8. The van der Waals surface area contributed by atoms with Gasteiger partial charge in [0, 0.05) is 12.5 Å². The van der Waals surface area contributed by atoms with Gasteiger partial charge in [0.25, 0.3) is 5.91 Å². The third-order valence-corrected chi connectivity index (χ3v) is 6.71. The Bertz CT molecular complexity index is 1000. The van der Waals surface area contributed by atoms with E-state index >= 15 is 0 Å². The van der Waals surface area contributed by atoms with Crippen LogP contribution in [0.25, 0.3) is 0 Å². The molecule has 1 aliphatic carbocycles. The monoisotopic (exact) mass is 480 g/mol. The van der Waals surface area contributed by atoms with Gasteiger partial charge < -0.3 is 25.2 Å². The lowest BCUT2D eigenvalue weighted by Crippen LogP contribution is -2.30. The average Bonchev–Trinajstić information content (AvgIpc) is 3.17. The lowest BCUT2D eigenvalue weighted by atomic mass is 9.81. The van der Waals surface area contributed by atoms with E-state index in [-0.39, 0.29) is 29.8 Å². The van der Waals surface area contributed by atoms with Gasteiger partial charge in [-0.2, -0.15) is 0 Å². The highest BCUT2D eigenvalue weighted by molar-refractivity contribution is 7.20. The van der Waals surface area contributed by atoms with Gasteiger partial charge in [0.15, 0.2) is 11.5 Å². The third kappa shape index (κ3) is 5.72. The van der Waals surface area contributed by atoms with Gasteiger partial charge in [0.2, 0.25) is 5.91 Å². The number of amides is 2. The number of rotatable bonds is 8. The van der Waals surface area contributed by atoms with E-state index in [0.717, 1.165) is 16.9 Å². The molecule has 2 amide bonds. The van der Waals surface area contributed by atoms with E-state index < -0.39 is 11.9 Å². The summed E-state index contributed by atoms with van der Waals surface area (Å²) in [7, 11) is 3.09. The summed E-state index contributed by atoms with van der Waals surface area (Å²) >= 11 is 7.23. The lowest BCUT2D eigenvalue weighted by molar-refractivity contribution is -0.143. The summed E-state index contributed by atoms with van der Waals surface area (Å²) in [4.78, 5) is 36.6. The van der Waals surface area contributed by atoms with E-state index in [4.69, 9.17) is 26.2 Å². The number of carbonyl (C=O) groups is 3. The van der Waals surface area contributed by atoms with Crippen molar-refractivity contribution in [2.24, 2.45) is 11.8 Å². The predicted molar refractivity (Wildman–Crippen MR) is 122 cm³/mol. The van der Waals surface area contributed by atoms with Crippen LogP contribution in [0.3, 0.4) is 0 Å². The smallest absolute Gasteiger partial charge is 0.306 e. The van der Waals surface area contributed by atoms with Crippen LogP contribution in [-0.2, 0) is 16.1 Å². The molecule has 1 aromatic carbocycles. The summed E-state index contributed by atoms with van der Waals surface area (Å²) < 4.78 is 10.9. The van der Waals surface area contributed by atoms with Crippen LogP contribution in [0, 0.1) is 11.8 Å². The molecule has 0 radical (unpaired) electrons. The Labute approximate surface area is 194 Å². The number of ether oxygens (including phenoxy) is 2. The van der Waals surface area contributed by atoms with Gasteiger partial charge >= 0.3 is 5.97 Å². The summed E-state index contributed by atoms with van der Waals surface area (Å²) in [5.74, 6) is -0.934. The number of thiophene rings is 1. The molecule has 0 aliphatic heterocycles. The fourth-order valence-corrected chi connectivity index (χ4v) is 4.83. The summed E-state index contributed by atoms with van der Waals surface area (Å²) in [5, 5.41) is 15.1. The van der Waals surface area contributed by atoms with Crippen LogP contribution >= 0.6 is 22.9 Å². The normalized spacial score (nSPS) is 18.0. The minimum Gasteiger partial charge on any atom is -0.493 e. The quantitative estimate of drug-likeness (QED) is 0.522. The summed E-state index contributed by atoms with van der Waals surface area (Å²) in [5.41, 5.74) is 1.10. The number of hydrogen-bond acceptors (Lipinski definition) is 6. The number of hydrogen-bond donors (Lipinski definition) is 3. The Morgan fingerprint density at radius 2 is 1.72 bits per heavy atom. The maximum atomic E-state index is 12.8. The lowest BCUT2D eigenvalue weighted by Gasteiger charge is -2.25. The highest BCUT2D eigenvalue weighted by atomic mass is 35.5. The van der Waals surface area contributed by atoms with Crippen molar-refractivity contribution in [2.45, 2.75) is 32.2 Å². The number of anilines is 1. The topological polar surface area (TPSA) is 114 Å². The molecule has 2 aromatic rings. The van der Waals surface area contributed by atoms with Gasteiger partial charge in [-0.25, -0.2) is 0 Å². The number of nitrogens with one attached hydrogen (secondary N) is 2. The number of halogens is 1. The molecule has 0 saturated heterocycles. The average molecular weight is 481 g/mol. The Morgan fingerprint density at radius 1 is 1.06 bits per heavy atom.